The Hall–Kier alpha value is -1.07. The fourth-order valence-corrected chi connectivity index (χ4v) is 12.4. The molecule has 256 valence electrons. The molecule has 0 bridgehead atoms. The van der Waals surface area contributed by atoms with Gasteiger partial charge in [-0.05, 0) is 103 Å². The smallest absolute Gasteiger partial charge is 0.315 e. The van der Waals surface area contributed by atoms with Crippen molar-refractivity contribution in [1.29, 1.82) is 0 Å². The number of fused-ring (bicyclic) bond motifs is 7. The van der Waals surface area contributed by atoms with Gasteiger partial charge in [0, 0.05) is 0 Å². The third-order valence-electron chi connectivity index (χ3n) is 15.4. The average molecular weight is 635 g/mol. The molecule has 6 N–H and O–H groups in total. The number of carbonyl (C=O) groups excluding carboxylic acids is 1. The standard InChI is InChI=1S/C36H58O9/c1-18-10-13-36(31(43)45-30-28(41)27(40)26(39)22(17-37)44-30)15-14-34(6)20(25(36)19(18)2)8-9-24-33(5)16-21(38)29(42)32(3,4)23(33)11-12-35(24,34)7/h8,18-19,21-30,37-42H,9-17H2,1-7H3/t18-,19+,21-,22-,23+,24-,25+,26-,27+,28-,29-,30+,33+,34-,35-,36+/m1/s1. The molecule has 0 amide bonds. The molecular formula is C36H58O9. The minimum Gasteiger partial charge on any atom is -0.432 e. The summed E-state index contributed by atoms with van der Waals surface area (Å²) in [6.45, 7) is 15.4. The van der Waals surface area contributed by atoms with E-state index in [4.69, 9.17) is 9.47 Å². The van der Waals surface area contributed by atoms with Crippen molar-refractivity contribution in [1.82, 2.24) is 0 Å². The van der Waals surface area contributed by atoms with E-state index in [2.05, 4.69) is 54.5 Å². The van der Waals surface area contributed by atoms with Gasteiger partial charge in [0.2, 0.25) is 6.29 Å². The van der Waals surface area contributed by atoms with Gasteiger partial charge in [-0.25, -0.2) is 0 Å². The highest BCUT2D eigenvalue weighted by Gasteiger charge is 2.70. The Morgan fingerprint density at radius 3 is 2.27 bits per heavy atom. The first-order valence-electron chi connectivity index (χ1n) is 17.5. The highest BCUT2D eigenvalue weighted by molar-refractivity contribution is 5.79. The second kappa shape index (κ2) is 11.0. The van der Waals surface area contributed by atoms with Crippen LogP contribution in [0.2, 0.25) is 0 Å². The molecule has 0 aromatic carbocycles. The Bertz CT molecular complexity index is 1200. The Morgan fingerprint density at radius 1 is 0.911 bits per heavy atom. The van der Waals surface area contributed by atoms with E-state index in [1.165, 1.54) is 5.57 Å². The summed E-state index contributed by atoms with van der Waals surface area (Å²) in [6, 6.07) is 0. The van der Waals surface area contributed by atoms with E-state index >= 15 is 0 Å². The van der Waals surface area contributed by atoms with Gasteiger partial charge in [0.1, 0.15) is 24.4 Å². The highest BCUT2D eigenvalue weighted by Crippen LogP contribution is 2.75. The SMILES string of the molecule is C[C@H]1[C@H](C)CC[C@]2(C(=O)O[C@@H]3O[C@H](CO)[C@@H](O)[C@H](O)[C@H]3O)CC[C@]3(C)C(=CC[C@@H]4[C@@]5(C)C[C@@H](O)[C@@H](O)C(C)(C)[C@@H]5CC[C@]43C)[C@H]12. The lowest BCUT2D eigenvalue weighted by Gasteiger charge is -2.71. The molecule has 0 radical (unpaired) electrons. The van der Waals surface area contributed by atoms with Crippen LogP contribution >= 0.6 is 0 Å². The summed E-state index contributed by atoms with van der Waals surface area (Å²) in [7, 11) is 0. The second-order valence-electron chi connectivity index (χ2n) is 17.4. The number of aliphatic hydroxyl groups excluding tert-OH is 6. The van der Waals surface area contributed by atoms with Crippen LogP contribution in [0.5, 0.6) is 0 Å². The summed E-state index contributed by atoms with van der Waals surface area (Å²) in [5, 5.41) is 63.2. The predicted molar refractivity (Wildman–Crippen MR) is 166 cm³/mol. The van der Waals surface area contributed by atoms with Gasteiger partial charge in [0.05, 0.1) is 24.2 Å². The number of esters is 1. The molecule has 9 heteroatoms. The summed E-state index contributed by atoms with van der Waals surface area (Å²) in [6.07, 6.45) is -0.00749. The van der Waals surface area contributed by atoms with Gasteiger partial charge in [-0.3, -0.25) is 4.79 Å². The number of aliphatic hydroxyl groups is 6. The van der Waals surface area contributed by atoms with Gasteiger partial charge in [-0.1, -0.05) is 60.1 Å². The van der Waals surface area contributed by atoms with Crippen molar-refractivity contribution in [3.05, 3.63) is 11.6 Å². The molecule has 6 aliphatic rings. The molecule has 9 nitrogen and oxygen atoms in total. The van der Waals surface area contributed by atoms with Crippen LogP contribution in [0.25, 0.3) is 0 Å². The number of hydrogen-bond acceptors (Lipinski definition) is 9. The normalized spacial score (nSPS) is 55.7. The monoisotopic (exact) mass is 634 g/mol. The third-order valence-corrected chi connectivity index (χ3v) is 15.4. The van der Waals surface area contributed by atoms with Gasteiger partial charge < -0.3 is 40.1 Å². The van der Waals surface area contributed by atoms with Crippen molar-refractivity contribution in [3.8, 4) is 0 Å². The maximum atomic E-state index is 14.4. The highest BCUT2D eigenvalue weighted by atomic mass is 16.7. The Kier molecular flexibility index (Phi) is 8.25. The Morgan fingerprint density at radius 2 is 1.60 bits per heavy atom. The molecule has 0 spiro atoms. The van der Waals surface area contributed by atoms with E-state index in [1.54, 1.807) is 0 Å². The molecule has 0 aromatic rings. The molecular weight excluding hydrogens is 576 g/mol. The van der Waals surface area contributed by atoms with E-state index in [0.717, 1.165) is 32.1 Å². The van der Waals surface area contributed by atoms with E-state index in [9.17, 15) is 35.4 Å². The molecule has 0 unspecified atom stereocenters. The lowest BCUT2D eigenvalue weighted by molar-refractivity contribution is -0.297. The number of rotatable bonds is 3. The van der Waals surface area contributed by atoms with E-state index in [-0.39, 0.29) is 33.5 Å². The van der Waals surface area contributed by atoms with Crippen LogP contribution in [0.15, 0.2) is 11.6 Å². The topological polar surface area (TPSA) is 157 Å². The Balaban J connectivity index is 1.37. The zero-order valence-electron chi connectivity index (χ0n) is 28.3. The number of carbonyl (C=O) groups is 1. The molecule has 6 rings (SSSR count). The van der Waals surface area contributed by atoms with Gasteiger partial charge >= 0.3 is 5.97 Å². The predicted octanol–water partition coefficient (Wildman–Crippen LogP) is 3.32. The van der Waals surface area contributed by atoms with Crippen LogP contribution in [0.4, 0.5) is 0 Å². The van der Waals surface area contributed by atoms with Gasteiger partial charge in [-0.15, -0.1) is 0 Å². The molecule has 4 saturated carbocycles. The van der Waals surface area contributed by atoms with Crippen LogP contribution in [-0.2, 0) is 14.3 Å². The minimum atomic E-state index is -1.63. The summed E-state index contributed by atoms with van der Waals surface area (Å²) >= 11 is 0. The van der Waals surface area contributed by atoms with Crippen molar-refractivity contribution in [2.45, 2.75) is 143 Å². The summed E-state index contributed by atoms with van der Waals surface area (Å²) in [4.78, 5) is 14.4. The first-order chi connectivity index (χ1) is 20.9. The van der Waals surface area contributed by atoms with E-state index in [1.807, 2.05) is 0 Å². The lowest BCUT2D eigenvalue weighted by atomic mass is 9.33. The van der Waals surface area contributed by atoms with Crippen LogP contribution in [0.3, 0.4) is 0 Å². The maximum Gasteiger partial charge on any atom is 0.315 e. The van der Waals surface area contributed by atoms with Gasteiger partial charge in [0.25, 0.3) is 0 Å². The number of allylic oxidation sites excluding steroid dienone is 2. The fraction of sp³-hybridized carbons (Fsp3) is 0.917. The van der Waals surface area contributed by atoms with Crippen molar-refractivity contribution >= 4 is 5.97 Å². The van der Waals surface area contributed by atoms with Crippen LogP contribution in [0, 0.1) is 56.7 Å². The maximum absolute atomic E-state index is 14.4. The minimum absolute atomic E-state index is 0.0594. The summed E-state index contributed by atoms with van der Waals surface area (Å²) < 4.78 is 11.6. The van der Waals surface area contributed by atoms with Crippen molar-refractivity contribution in [3.63, 3.8) is 0 Å². The van der Waals surface area contributed by atoms with Crippen LogP contribution in [-0.4, -0.2) is 86.1 Å². The Labute approximate surface area is 268 Å². The fourth-order valence-electron chi connectivity index (χ4n) is 12.4. The molecule has 16 atom stereocenters. The average Bonchev–Trinajstić information content (AvgIpc) is 2.98. The van der Waals surface area contributed by atoms with Crippen LogP contribution < -0.4 is 0 Å². The zero-order valence-corrected chi connectivity index (χ0v) is 28.3. The van der Waals surface area contributed by atoms with Crippen molar-refractivity contribution in [2.24, 2.45) is 56.7 Å². The summed E-state index contributed by atoms with van der Waals surface area (Å²) in [5.41, 5.74) is -0.223. The van der Waals surface area contributed by atoms with Crippen molar-refractivity contribution < 1.29 is 44.9 Å². The molecule has 1 aliphatic heterocycles. The van der Waals surface area contributed by atoms with E-state index < -0.39 is 60.9 Å². The molecule has 1 heterocycles. The first kappa shape index (κ1) is 33.8. The zero-order chi connectivity index (χ0) is 33.1. The van der Waals surface area contributed by atoms with Crippen LogP contribution in [0.1, 0.15) is 99.8 Å². The lowest BCUT2D eigenvalue weighted by Crippen LogP contribution is -2.67. The van der Waals surface area contributed by atoms with Gasteiger partial charge in [0.15, 0.2) is 0 Å². The van der Waals surface area contributed by atoms with Crippen molar-refractivity contribution in [2.75, 3.05) is 6.61 Å². The quantitative estimate of drug-likeness (QED) is 0.203. The molecule has 45 heavy (non-hydrogen) atoms. The number of ether oxygens (including phenoxy) is 2. The third kappa shape index (κ3) is 4.46. The molecule has 0 aromatic heterocycles. The largest absolute Gasteiger partial charge is 0.432 e. The second-order valence-corrected chi connectivity index (χ2v) is 17.4. The number of hydrogen-bond donors (Lipinski definition) is 6. The first-order valence-corrected chi connectivity index (χ1v) is 17.5. The van der Waals surface area contributed by atoms with E-state index in [0.29, 0.717) is 37.0 Å². The molecule has 5 aliphatic carbocycles. The van der Waals surface area contributed by atoms with Gasteiger partial charge in [-0.2, -0.15) is 0 Å². The summed E-state index contributed by atoms with van der Waals surface area (Å²) in [5.74, 6) is 0.739. The molecule has 1 saturated heterocycles. The molecule has 5 fully saturated rings.